The van der Waals surface area contributed by atoms with Crippen molar-refractivity contribution in [1.82, 2.24) is 0 Å². The zero-order valence-corrected chi connectivity index (χ0v) is 12.6. The van der Waals surface area contributed by atoms with Gasteiger partial charge in [0.1, 0.15) is 0 Å². The summed E-state index contributed by atoms with van der Waals surface area (Å²) in [7, 11) is 0. The van der Waals surface area contributed by atoms with Crippen LogP contribution in [0.1, 0.15) is 29.9 Å². The van der Waals surface area contributed by atoms with Gasteiger partial charge in [-0.15, -0.1) is 0 Å². The van der Waals surface area contributed by atoms with Crippen LogP contribution in [0.5, 0.6) is 0 Å². The molecule has 1 fully saturated rings. The molecule has 1 heterocycles. The maximum Gasteiger partial charge on any atom is 0.416 e. The first-order chi connectivity index (χ1) is 11.4. The molecule has 0 aromatic heterocycles. The fourth-order valence-corrected chi connectivity index (χ4v) is 2.87. The van der Waals surface area contributed by atoms with E-state index in [0.29, 0.717) is 6.42 Å². The van der Waals surface area contributed by atoms with Crippen molar-refractivity contribution in [2.24, 2.45) is 0 Å². The summed E-state index contributed by atoms with van der Waals surface area (Å²) in [5, 5.41) is 0. The Hall–Kier alpha value is -2.63. The van der Waals surface area contributed by atoms with E-state index in [0.717, 1.165) is 22.6 Å². The number of hydrogen-bond donors (Lipinski definition) is 0. The number of halogens is 3. The zero-order chi connectivity index (χ0) is 17.3. The van der Waals surface area contributed by atoms with E-state index in [-0.39, 0.29) is 12.1 Å². The van der Waals surface area contributed by atoms with Gasteiger partial charge in [-0.05, 0) is 30.2 Å². The summed E-state index contributed by atoms with van der Waals surface area (Å²) in [6.07, 6.45) is -4.06. The molecule has 3 nitrogen and oxygen atoms in total. The standard InChI is InChI=1S/C18H14F3NO2/c19-18(20,21)13-7-4-8-14(11-13)22-16(23)10-9-15(17(22)24)12-5-2-1-3-6-12/h1-8,11,15H,9-10H2. The second-order valence-electron chi connectivity index (χ2n) is 5.62. The summed E-state index contributed by atoms with van der Waals surface area (Å²) in [4.78, 5) is 25.8. The lowest BCUT2D eigenvalue weighted by atomic mass is 9.89. The molecule has 24 heavy (non-hydrogen) atoms. The number of amides is 2. The van der Waals surface area contributed by atoms with E-state index < -0.39 is 29.5 Å². The molecule has 0 radical (unpaired) electrons. The van der Waals surface area contributed by atoms with Crippen molar-refractivity contribution in [2.75, 3.05) is 4.90 Å². The summed E-state index contributed by atoms with van der Waals surface area (Å²) in [6, 6.07) is 13.2. The number of nitrogens with zero attached hydrogens (tertiary/aromatic N) is 1. The minimum Gasteiger partial charge on any atom is -0.274 e. The third-order valence-electron chi connectivity index (χ3n) is 4.05. The highest BCUT2D eigenvalue weighted by Gasteiger charge is 2.37. The predicted molar refractivity (Wildman–Crippen MR) is 82.4 cm³/mol. The highest BCUT2D eigenvalue weighted by atomic mass is 19.4. The van der Waals surface area contributed by atoms with E-state index in [9.17, 15) is 22.8 Å². The average Bonchev–Trinajstić information content (AvgIpc) is 2.55. The summed E-state index contributed by atoms with van der Waals surface area (Å²) < 4.78 is 38.6. The second kappa shape index (κ2) is 6.11. The van der Waals surface area contributed by atoms with Gasteiger partial charge in [0.25, 0.3) is 0 Å². The van der Waals surface area contributed by atoms with Gasteiger partial charge in [0, 0.05) is 6.42 Å². The van der Waals surface area contributed by atoms with Gasteiger partial charge in [0.15, 0.2) is 0 Å². The maximum atomic E-state index is 12.9. The molecule has 0 spiro atoms. The quantitative estimate of drug-likeness (QED) is 0.775. The van der Waals surface area contributed by atoms with Crippen molar-refractivity contribution in [3.05, 3.63) is 65.7 Å². The van der Waals surface area contributed by atoms with E-state index in [1.165, 1.54) is 12.1 Å². The number of alkyl halides is 3. The number of piperidine rings is 1. The van der Waals surface area contributed by atoms with Crippen molar-refractivity contribution in [2.45, 2.75) is 24.9 Å². The number of imide groups is 1. The molecule has 2 aromatic carbocycles. The second-order valence-corrected chi connectivity index (χ2v) is 5.62. The fourth-order valence-electron chi connectivity index (χ4n) is 2.87. The van der Waals surface area contributed by atoms with Gasteiger partial charge in [-0.25, -0.2) is 0 Å². The molecule has 1 aliphatic heterocycles. The Bertz CT molecular complexity index is 771. The monoisotopic (exact) mass is 333 g/mol. The van der Waals surface area contributed by atoms with Gasteiger partial charge in [0.2, 0.25) is 11.8 Å². The lowest BCUT2D eigenvalue weighted by Crippen LogP contribution is -2.44. The molecule has 1 aliphatic rings. The molecular weight excluding hydrogens is 319 g/mol. The Kier molecular flexibility index (Phi) is 4.13. The number of rotatable bonds is 2. The predicted octanol–water partition coefficient (Wildman–Crippen LogP) is 4.14. The molecule has 6 heteroatoms. The summed E-state index contributed by atoms with van der Waals surface area (Å²) in [5.41, 5.74) is -0.171. The molecule has 0 bridgehead atoms. The minimum atomic E-state index is -4.53. The molecule has 1 unspecified atom stereocenters. The molecular formula is C18H14F3NO2. The van der Waals surface area contributed by atoms with Crippen LogP contribution in [0.25, 0.3) is 0 Å². The molecule has 124 valence electrons. The first kappa shape index (κ1) is 16.2. The Labute approximate surface area is 136 Å². The normalized spacial score (nSPS) is 18.8. The Balaban J connectivity index is 1.97. The van der Waals surface area contributed by atoms with Crippen LogP contribution in [0.2, 0.25) is 0 Å². The van der Waals surface area contributed by atoms with Gasteiger partial charge >= 0.3 is 6.18 Å². The first-order valence-electron chi connectivity index (χ1n) is 7.47. The van der Waals surface area contributed by atoms with Crippen LogP contribution in [-0.4, -0.2) is 11.8 Å². The van der Waals surface area contributed by atoms with Crippen LogP contribution >= 0.6 is 0 Å². The van der Waals surface area contributed by atoms with Gasteiger partial charge in [-0.2, -0.15) is 13.2 Å². The summed E-state index contributed by atoms with van der Waals surface area (Å²) >= 11 is 0. The summed E-state index contributed by atoms with van der Waals surface area (Å²) in [5.74, 6) is -1.50. The Morgan fingerprint density at radius 1 is 0.958 bits per heavy atom. The lowest BCUT2D eigenvalue weighted by Gasteiger charge is -2.31. The van der Waals surface area contributed by atoms with Crippen LogP contribution in [0, 0.1) is 0 Å². The van der Waals surface area contributed by atoms with Crippen molar-refractivity contribution >= 4 is 17.5 Å². The molecule has 0 N–H and O–H groups in total. The molecule has 1 atom stereocenters. The third kappa shape index (κ3) is 3.04. The highest BCUT2D eigenvalue weighted by molar-refractivity contribution is 6.18. The van der Waals surface area contributed by atoms with Gasteiger partial charge < -0.3 is 0 Å². The van der Waals surface area contributed by atoms with Crippen LogP contribution in [0.15, 0.2) is 54.6 Å². The van der Waals surface area contributed by atoms with Crippen molar-refractivity contribution in [3.63, 3.8) is 0 Å². The Morgan fingerprint density at radius 3 is 2.33 bits per heavy atom. The SMILES string of the molecule is O=C1CCC(c2ccccc2)C(=O)N1c1cccc(C(F)(F)F)c1. The number of carbonyl (C=O) groups excluding carboxylic acids is 2. The van der Waals surface area contributed by atoms with E-state index in [2.05, 4.69) is 0 Å². The smallest absolute Gasteiger partial charge is 0.274 e. The molecule has 3 rings (SSSR count). The van der Waals surface area contributed by atoms with Crippen LogP contribution in [-0.2, 0) is 15.8 Å². The molecule has 2 aromatic rings. The molecule has 0 saturated carbocycles. The molecule has 1 saturated heterocycles. The highest BCUT2D eigenvalue weighted by Crippen LogP contribution is 2.35. The van der Waals surface area contributed by atoms with Crippen molar-refractivity contribution in [1.29, 1.82) is 0 Å². The summed E-state index contributed by atoms with van der Waals surface area (Å²) in [6.45, 7) is 0. The number of anilines is 1. The Morgan fingerprint density at radius 2 is 1.67 bits per heavy atom. The van der Waals surface area contributed by atoms with Gasteiger partial charge in [-0.1, -0.05) is 36.4 Å². The van der Waals surface area contributed by atoms with Gasteiger partial charge in [0.05, 0.1) is 17.2 Å². The lowest BCUT2D eigenvalue weighted by molar-refractivity contribution is -0.138. The molecule has 2 amide bonds. The van der Waals surface area contributed by atoms with E-state index >= 15 is 0 Å². The van der Waals surface area contributed by atoms with Crippen LogP contribution < -0.4 is 4.90 Å². The minimum absolute atomic E-state index is 0.0412. The number of hydrogen-bond acceptors (Lipinski definition) is 2. The average molecular weight is 333 g/mol. The fraction of sp³-hybridized carbons (Fsp3) is 0.222. The van der Waals surface area contributed by atoms with Crippen molar-refractivity contribution < 1.29 is 22.8 Å². The van der Waals surface area contributed by atoms with E-state index in [1.54, 1.807) is 24.3 Å². The topological polar surface area (TPSA) is 37.4 Å². The largest absolute Gasteiger partial charge is 0.416 e. The van der Waals surface area contributed by atoms with Crippen LogP contribution in [0.4, 0.5) is 18.9 Å². The van der Waals surface area contributed by atoms with Crippen LogP contribution in [0.3, 0.4) is 0 Å². The maximum absolute atomic E-state index is 12.9. The first-order valence-corrected chi connectivity index (χ1v) is 7.47. The van der Waals surface area contributed by atoms with E-state index in [4.69, 9.17) is 0 Å². The molecule has 0 aliphatic carbocycles. The third-order valence-corrected chi connectivity index (χ3v) is 4.05. The van der Waals surface area contributed by atoms with Crippen molar-refractivity contribution in [3.8, 4) is 0 Å². The van der Waals surface area contributed by atoms with E-state index in [1.807, 2.05) is 6.07 Å². The number of carbonyl (C=O) groups is 2. The van der Waals surface area contributed by atoms with Gasteiger partial charge in [-0.3, -0.25) is 14.5 Å². The zero-order valence-electron chi connectivity index (χ0n) is 12.6. The number of benzene rings is 2.